The average molecular weight is 482 g/mol. The van der Waals surface area contributed by atoms with Crippen LogP contribution in [0.4, 0.5) is 11.9 Å². The lowest BCUT2D eigenvalue weighted by Gasteiger charge is -2.09. The highest BCUT2D eigenvalue weighted by atomic mass is 35.5. The van der Waals surface area contributed by atoms with Gasteiger partial charge in [0, 0.05) is 18.1 Å². The van der Waals surface area contributed by atoms with Crippen LogP contribution in [-0.4, -0.2) is 27.3 Å². The normalized spacial score (nSPS) is 10.6. The SMILES string of the molecule is O=C(COc1ccc(Cl)cc1Cl)n1nc(NCc2ccccc2)nc1NCc1ccccc1. The van der Waals surface area contributed by atoms with Crippen molar-refractivity contribution >= 4 is 41.0 Å². The number of rotatable bonds is 9. The maximum atomic E-state index is 12.9. The Morgan fingerprint density at radius 3 is 2.15 bits per heavy atom. The smallest absolute Gasteiger partial charge is 0.288 e. The lowest BCUT2D eigenvalue weighted by atomic mass is 10.2. The first-order chi connectivity index (χ1) is 16.1. The van der Waals surface area contributed by atoms with Crippen LogP contribution in [0.5, 0.6) is 5.75 Å². The van der Waals surface area contributed by atoms with Crippen molar-refractivity contribution < 1.29 is 9.53 Å². The minimum absolute atomic E-state index is 0.275. The van der Waals surface area contributed by atoms with Crippen LogP contribution in [0.25, 0.3) is 0 Å². The Labute approximate surface area is 201 Å². The molecule has 9 heteroatoms. The fourth-order valence-corrected chi connectivity index (χ4v) is 3.49. The number of ether oxygens (including phenoxy) is 1. The molecule has 0 unspecified atom stereocenters. The van der Waals surface area contributed by atoms with Gasteiger partial charge in [0.1, 0.15) is 5.75 Å². The summed E-state index contributed by atoms with van der Waals surface area (Å²) in [5, 5.41) is 11.5. The highest BCUT2D eigenvalue weighted by molar-refractivity contribution is 6.35. The third-order valence-corrected chi connectivity index (χ3v) is 5.21. The molecule has 7 nitrogen and oxygen atoms in total. The largest absolute Gasteiger partial charge is 0.482 e. The molecular weight excluding hydrogens is 461 g/mol. The number of nitrogens with zero attached hydrogens (tertiary/aromatic N) is 3. The first-order valence-corrected chi connectivity index (χ1v) is 11.0. The number of halogens is 2. The zero-order valence-electron chi connectivity index (χ0n) is 17.5. The van der Waals surface area contributed by atoms with E-state index < -0.39 is 5.91 Å². The first kappa shape index (κ1) is 22.6. The van der Waals surface area contributed by atoms with E-state index in [2.05, 4.69) is 20.7 Å². The van der Waals surface area contributed by atoms with Crippen molar-refractivity contribution in [2.45, 2.75) is 13.1 Å². The summed E-state index contributed by atoms with van der Waals surface area (Å²) < 4.78 is 6.78. The highest BCUT2D eigenvalue weighted by Gasteiger charge is 2.17. The molecule has 0 saturated heterocycles. The second-order valence-corrected chi connectivity index (χ2v) is 7.95. The molecule has 0 aliphatic carbocycles. The van der Waals surface area contributed by atoms with Gasteiger partial charge in [-0.25, -0.2) is 0 Å². The van der Waals surface area contributed by atoms with E-state index in [0.717, 1.165) is 11.1 Å². The van der Waals surface area contributed by atoms with E-state index in [0.29, 0.717) is 40.8 Å². The zero-order valence-corrected chi connectivity index (χ0v) is 19.1. The van der Waals surface area contributed by atoms with Gasteiger partial charge in [-0.05, 0) is 29.3 Å². The molecule has 168 valence electrons. The fourth-order valence-electron chi connectivity index (χ4n) is 3.02. The van der Waals surface area contributed by atoms with Crippen molar-refractivity contribution in [3.63, 3.8) is 0 Å². The number of carbonyl (C=O) groups is 1. The molecule has 1 aromatic heterocycles. The van der Waals surface area contributed by atoms with Gasteiger partial charge in [0.15, 0.2) is 6.61 Å². The molecule has 0 spiro atoms. The Kier molecular flexibility index (Phi) is 7.44. The number of nitrogens with one attached hydrogen (secondary N) is 2. The molecule has 0 bridgehead atoms. The average Bonchev–Trinajstić information content (AvgIpc) is 3.25. The Hall–Kier alpha value is -3.55. The number of benzene rings is 3. The van der Waals surface area contributed by atoms with Crippen molar-refractivity contribution in [1.29, 1.82) is 0 Å². The molecule has 2 N–H and O–H groups in total. The van der Waals surface area contributed by atoms with E-state index in [1.165, 1.54) is 4.68 Å². The van der Waals surface area contributed by atoms with Crippen molar-refractivity contribution in [2.75, 3.05) is 17.2 Å². The van der Waals surface area contributed by atoms with Crippen LogP contribution < -0.4 is 15.4 Å². The van der Waals surface area contributed by atoms with Crippen LogP contribution in [-0.2, 0) is 13.1 Å². The summed E-state index contributed by atoms with van der Waals surface area (Å²) in [4.78, 5) is 17.4. The Balaban J connectivity index is 1.48. The monoisotopic (exact) mass is 481 g/mol. The second-order valence-electron chi connectivity index (χ2n) is 7.11. The van der Waals surface area contributed by atoms with Gasteiger partial charge in [-0.15, -0.1) is 5.10 Å². The zero-order chi connectivity index (χ0) is 23.0. The van der Waals surface area contributed by atoms with Crippen LogP contribution in [0, 0.1) is 0 Å². The Bertz CT molecular complexity index is 1220. The summed E-state index contributed by atoms with van der Waals surface area (Å²) in [5.41, 5.74) is 2.11. The minimum Gasteiger partial charge on any atom is -0.482 e. The topological polar surface area (TPSA) is 81.1 Å². The first-order valence-electron chi connectivity index (χ1n) is 10.2. The van der Waals surface area contributed by atoms with Crippen molar-refractivity contribution in [3.8, 4) is 5.75 Å². The number of hydrogen-bond donors (Lipinski definition) is 2. The molecule has 4 aromatic rings. The van der Waals surface area contributed by atoms with E-state index in [9.17, 15) is 4.79 Å². The fraction of sp³-hybridized carbons (Fsp3) is 0.125. The molecule has 33 heavy (non-hydrogen) atoms. The van der Waals surface area contributed by atoms with Crippen molar-refractivity contribution in [3.05, 3.63) is 100 Å². The van der Waals surface area contributed by atoms with Gasteiger partial charge < -0.3 is 15.4 Å². The van der Waals surface area contributed by atoms with Gasteiger partial charge in [0.2, 0.25) is 11.9 Å². The molecule has 0 aliphatic rings. The summed E-state index contributed by atoms with van der Waals surface area (Å²) in [5.74, 6) is 0.588. The van der Waals surface area contributed by atoms with Gasteiger partial charge in [0.25, 0.3) is 5.91 Å². The quantitative estimate of drug-likeness (QED) is 0.327. The highest BCUT2D eigenvalue weighted by Crippen LogP contribution is 2.27. The molecule has 3 aromatic carbocycles. The Morgan fingerprint density at radius 2 is 1.52 bits per heavy atom. The van der Waals surface area contributed by atoms with Crippen LogP contribution >= 0.6 is 23.2 Å². The molecule has 0 radical (unpaired) electrons. The van der Waals surface area contributed by atoms with Gasteiger partial charge in [-0.2, -0.15) is 9.67 Å². The van der Waals surface area contributed by atoms with Gasteiger partial charge in [0.05, 0.1) is 5.02 Å². The van der Waals surface area contributed by atoms with E-state index >= 15 is 0 Å². The molecule has 0 atom stereocenters. The molecule has 0 aliphatic heterocycles. The molecule has 0 fully saturated rings. The summed E-state index contributed by atoms with van der Waals surface area (Å²) in [7, 11) is 0. The molecular formula is C24H21Cl2N5O2. The number of hydrogen-bond acceptors (Lipinski definition) is 6. The van der Waals surface area contributed by atoms with E-state index in [1.54, 1.807) is 18.2 Å². The molecule has 1 heterocycles. The standard InChI is InChI=1S/C24H21Cl2N5O2/c25-19-11-12-21(20(26)13-19)33-16-22(32)31-24(28-15-18-9-5-2-6-10-18)29-23(30-31)27-14-17-7-3-1-4-8-17/h1-13H,14-16H2,(H2,27,28,29,30). The summed E-state index contributed by atoms with van der Waals surface area (Å²) >= 11 is 12.0. The molecule has 0 saturated carbocycles. The number of aromatic nitrogens is 3. The molecule has 0 amide bonds. The summed E-state index contributed by atoms with van der Waals surface area (Å²) in [6.45, 7) is 0.728. The third kappa shape index (κ3) is 6.25. The predicted molar refractivity (Wildman–Crippen MR) is 130 cm³/mol. The van der Waals surface area contributed by atoms with Crippen LogP contribution in [0.15, 0.2) is 78.9 Å². The van der Waals surface area contributed by atoms with Gasteiger partial charge in [-0.1, -0.05) is 83.9 Å². The van der Waals surface area contributed by atoms with E-state index in [-0.39, 0.29) is 6.61 Å². The van der Waals surface area contributed by atoms with Crippen molar-refractivity contribution in [2.24, 2.45) is 0 Å². The van der Waals surface area contributed by atoms with Crippen molar-refractivity contribution in [1.82, 2.24) is 14.8 Å². The second kappa shape index (κ2) is 10.8. The van der Waals surface area contributed by atoms with Crippen LogP contribution in [0.1, 0.15) is 15.9 Å². The van der Waals surface area contributed by atoms with Gasteiger partial charge in [-0.3, -0.25) is 4.79 Å². The molecule has 4 rings (SSSR count). The predicted octanol–water partition coefficient (Wildman–Crippen LogP) is 5.53. The lowest BCUT2D eigenvalue weighted by molar-refractivity contribution is 0.0824. The Morgan fingerprint density at radius 1 is 0.879 bits per heavy atom. The van der Waals surface area contributed by atoms with E-state index in [1.807, 2.05) is 60.7 Å². The lowest BCUT2D eigenvalue weighted by Crippen LogP contribution is -2.23. The number of carbonyl (C=O) groups excluding carboxylic acids is 1. The minimum atomic E-state index is -0.406. The van der Waals surface area contributed by atoms with Crippen LogP contribution in [0.3, 0.4) is 0 Å². The third-order valence-electron chi connectivity index (χ3n) is 4.68. The van der Waals surface area contributed by atoms with Gasteiger partial charge >= 0.3 is 0 Å². The summed E-state index contributed by atoms with van der Waals surface area (Å²) in [6.07, 6.45) is 0. The summed E-state index contributed by atoms with van der Waals surface area (Å²) in [6, 6.07) is 24.5. The van der Waals surface area contributed by atoms with E-state index in [4.69, 9.17) is 27.9 Å². The maximum Gasteiger partial charge on any atom is 0.288 e. The number of anilines is 2. The van der Waals surface area contributed by atoms with Crippen LogP contribution in [0.2, 0.25) is 10.0 Å². The maximum absolute atomic E-state index is 12.9.